The van der Waals surface area contributed by atoms with E-state index in [0.717, 1.165) is 18.7 Å². The number of methoxy groups -OCH3 is 1. The molecule has 0 amide bonds. The molecule has 1 saturated carbocycles. The van der Waals surface area contributed by atoms with Crippen molar-refractivity contribution in [3.05, 3.63) is 42.5 Å². The molecule has 2 rings (SSSR count). The second kappa shape index (κ2) is 5.87. The molecular formula is C15H21NO. The zero-order valence-electron chi connectivity index (χ0n) is 10.5. The van der Waals surface area contributed by atoms with Crippen molar-refractivity contribution in [2.24, 2.45) is 0 Å². The van der Waals surface area contributed by atoms with Gasteiger partial charge in [-0.2, -0.15) is 0 Å². The van der Waals surface area contributed by atoms with Gasteiger partial charge >= 0.3 is 0 Å². The van der Waals surface area contributed by atoms with Gasteiger partial charge in [-0.25, -0.2) is 0 Å². The Morgan fingerprint density at radius 1 is 1.47 bits per heavy atom. The minimum absolute atomic E-state index is 0.686. The molecule has 0 saturated heterocycles. The Kier molecular flexibility index (Phi) is 4.21. The Labute approximate surface area is 104 Å². The molecule has 2 nitrogen and oxygen atoms in total. The lowest BCUT2D eigenvalue weighted by molar-refractivity contribution is 0.292. The van der Waals surface area contributed by atoms with Crippen LogP contribution in [0.3, 0.4) is 0 Å². The highest BCUT2D eigenvalue weighted by atomic mass is 16.5. The normalized spacial score (nSPS) is 22.9. The number of nitrogens with one attached hydrogen (secondary N) is 1. The van der Waals surface area contributed by atoms with Gasteiger partial charge in [0.15, 0.2) is 0 Å². The van der Waals surface area contributed by atoms with E-state index in [-0.39, 0.29) is 0 Å². The molecule has 2 heteroatoms. The molecule has 0 unspecified atom stereocenters. The van der Waals surface area contributed by atoms with E-state index in [2.05, 4.69) is 30.1 Å². The Bertz CT molecular complexity index is 369. The largest absolute Gasteiger partial charge is 0.497 e. The maximum absolute atomic E-state index is 5.25. The minimum Gasteiger partial charge on any atom is -0.497 e. The molecule has 1 aromatic rings. The Morgan fingerprint density at radius 2 is 2.29 bits per heavy atom. The van der Waals surface area contributed by atoms with Crippen LogP contribution in [0, 0.1) is 0 Å². The third-order valence-corrected chi connectivity index (χ3v) is 3.48. The van der Waals surface area contributed by atoms with Gasteiger partial charge in [0.05, 0.1) is 7.11 Å². The molecule has 0 aliphatic heterocycles. The molecule has 0 heterocycles. The fourth-order valence-corrected chi connectivity index (χ4v) is 2.34. The summed E-state index contributed by atoms with van der Waals surface area (Å²) in [4.78, 5) is 0. The van der Waals surface area contributed by atoms with Gasteiger partial charge in [0, 0.05) is 6.04 Å². The maximum atomic E-state index is 5.25. The highest BCUT2D eigenvalue weighted by molar-refractivity contribution is 5.32. The number of ether oxygens (including phenoxy) is 1. The third-order valence-electron chi connectivity index (χ3n) is 3.48. The van der Waals surface area contributed by atoms with Gasteiger partial charge in [-0.05, 0) is 49.4 Å². The lowest BCUT2D eigenvalue weighted by atomic mass is 9.76. The molecule has 0 radical (unpaired) electrons. The molecule has 0 atom stereocenters. The second-order valence-corrected chi connectivity index (χ2v) is 4.67. The number of benzene rings is 1. The fraction of sp³-hybridized carbons (Fsp3) is 0.467. The van der Waals surface area contributed by atoms with E-state index in [4.69, 9.17) is 4.74 Å². The van der Waals surface area contributed by atoms with Crippen molar-refractivity contribution in [3.63, 3.8) is 0 Å². The summed E-state index contributed by atoms with van der Waals surface area (Å²) in [5, 5.41) is 3.55. The predicted octanol–water partition coefficient (Wildman–Crippen LogP) is 3.11. The fourth-order valence-electron chi connectivity index (χ4n) is 2.34. The summed E-state index contributed by atoms with van der Waals surface area (Å²) >= 11 is 0. The monoisotopic (exact) mass is 231 g/mol. The Hall–Kier alpha value is -1.28. The van der Waals surface area contributed by atoms with Gasteiger partial charge in [0.2, 0.25) is 0 Å². The first-order chi connectivity index (χ1) is 8.33. The van der Waals surface area contributed by atoms with Gasteiger partial charge in [0.1, 0.15) is 5.75 Å². The first-order valence-electron chi connectivity index (χ1n) is 6.31. The van der Waals surface area contributed by atoms with Crippen LogP contribution < -0.4 is 10.1 Å². The van der Waals surface area contributed by atoms with Crippen LogP contribution in [-0.2, 0) is 0 Å². The molecule has 0 spiro atoms. The standard InChI is InChI=1S/C15H21NO/c1-3-4-8-16-14-9-13(10-14)12-6-5-7-15(11-12)17-2/h3,5-7,11,13-14,16H,1,4,8-10H2,2H3. The average molecular weight is 231 g/mol. The van der Waals surface area contributed by atoms with Crippen LogP contribution in [0.2, 0.25) is 0 Å². The minimum atomic E-state index is 0.686. The first-order valence-corrected chi connectivity index (χ1v) is 6.31. The second-order valence-electron chi connectivity index (χ2n) is 4.67. The summed E-state index contributed by atoms with van der Waals surface area (Å²) in [6.07, 6.45) is 5.50. The van der Waals surface area contributed by atoms with Crippen LogP contribution in [0.5, 0.6) is 5.75 Å². The van der Waals surface area contributed by atoms with Crippen molar-refractivity contribution in [2.45, 2.75) is 31.2 Å². The molecule has 92 valence electrons. The summed E-state index contributed by atoms with van der Waals surface area (Å²) in [5.41, 5.74) is 1.41. The molecule has 0 bridgehead atoms. The van der Waals surface area contributed by atoms with E-state index < -0.39 is 0 Å². The van der Waals surface area contributed by atoms with Crippen molar-refractivity contribution in [1.82, 2.24) is 5.32 Å². The third kappa shape index (κ3) is 3.10. The molecular weight excluding hydrogens is 210 g/mol. The molecule has 0 aromatic heterocycles. The SMILES string of the molecule is C=CCCNC1CC(c2cccc(OC)c2)C1. The summed E-state index contributed by atoms with van der Waals surface area (Å²) in [7, 11) is 1.72. The van der Waals surface area contributed by atoms with E-state index in [9.17, 15) is 0 Å². The van der Waals surface area contributed by atoms with Gasteiger partial charge in [-0.15, -0.1) is 6.58 Å². The summed E-state index contributed by atoms with van der Waals surface area (Å²) in [5.74, 6) is 1.66. The van der Waals surface area contributed by atoms with Crippen molar-refractivity contribution in [3.8, 4) is 5.75 Å². The zero-order chi connectivity index (χ0) is 12.1. The lowest BCUT2D eigenvalue weighted by Crippen LogP contribution is -2.40. The van der Waals surface area contributed by atoms with Gasteiger partial charge < -0.3 is 10.1 Å². The first kappa shape index (κ1) is 12.2. The van der Waals surface area contributed by atoms with Gasteiger partial charge in [-0.3, -0.25) is 0 Å². The molecule has 1 aromatic carbocycles. The number of hydrogen-bond donors (Lipinski definition) is 1. The molecule has 17 heavy (non-hydrogen) atoms. The van der Waals surface area contributed by atoms with E-state index >= 15 is 0 Å². The highest BCUT2D eigenvalue weighted by Crippen LogP contribution is 2.37. The van der Waals surface area contributed by atoms with E-state index in [0.29, 0.717) is 12.0 Å². The van der Waals surface area contributed by atoms with Crippen molar-refractivity contribution in [2.75, 3.05) is 13.7 Å². The van der Waals surface area contributed by atoms with Crippen LogP contribution in [0.15, 0.2) is 36.9 Å². The lowest BCUT2D eigenvalue weighted by Gasteiger charge is -2.36. The van der Waals surface area contributed by atoms with E-state index in [1.54, 1.807) is 7.11 Å². The van der Waals surface area contributed by atoms with Crippen LogP contribution in [-0.4, -0.2) is 19.7 Å². The zero-order valence-corrected chi connectivity index (χ0v) is 10.5. The average Bonchev–Trinajstić information content (AvgIpc) is 2.32. The summed E-state index contributed by atoms with van der Waals surface area (Å²) in [6, 6.07) is 9.12. The molecule has 1 fully saturated rings. The van der Waals surface area contributed by atoms with Crippen molar-refractivity contribution < 1.29 is 4.74 Å². The molecule has 1 N–H and O–H groups in total. The van der Waals surface area contributed by atoms with Crippen LogP contribution in [0.4, 0.5) is 0 Å². The predicted molar refractivity (Wildman–Crippen MR) is 71.6 cm³/mol. The molecule has 1 aliphatic rings. The highest BCUT2D eigenvalue weighted by Gasteiger charge is 2.29. The van der Waals surface area contributed by atoms with Gasteiger partial charge in [-0.1, -0.05) is 18.2 Å². The number of hydrogen-bond acceptors (Lipinski definition) is 2. The summed E-state index contributed by atoms with van der Waals surface area (Å²) in [6.45, 7) is 4.78. The Balaban J connectivity index is 1.80. The topological polar surface area (TPSA) is 21.3 Å². The van der Waals surface area contributed by atoms with Crippen LogP contribution in [0.25, 0.3) is 0 Å². The van der Waals surface area contributed by atoms with E-state index in [1.807, 2.05) is 12.1 Å². The van der Waals surface area contributed by atoms with Crippen LogP contribution >= 0.6 is 0 Å². The van der Waals surface area contributed by atoms with Crippen molar-refractivity contribution in [1.29, 1.82) is 0 Å². The summed E-state index contributed by atoms with van der Waals surface area (Å²) < 4.78 is 5.25. The Morgan fingerprint density at radius 3 is 3.00 bits per heavy atom. The maximum Gasteiger partial charge on any atom is 0.119 e. The number of rotatable bonds is 6. The smallest absolute Gasteiger partial charge is 0.119 e. The van der Waals surface area contributed by atoms with Crippen LogP contribution in [0.1, 0.15) is 30.7 Å². The van der Waals surface area contributed by atoms with E-state index in [1.165, 1.54) is 18.4 Å². The quantitative estimate of drug-likeness (QED) is 0.600. The molecule has 1 aliphatic carbocycles. The van der Waals surface area contributed by atoms with Crippen molar-refractivity contribution >= 4 is 0 Å². The van der Waals surface area contributed by atoms with Gasteiger partial charge in [0.25, 0.3) is 0 Å².